The third kappa shape index (κ3) is 3.39. The first-order valence-electron chi connectivity index (χ1n) is 7.70. The third-order valence-electron chi connectivity index (χ3n) is 3.75. The molecule has 27 heavy (non-hydrogen) atoms. The van der Waals surface area contributed by atoms with Gasteiger partial charge < -0.3 is 5.32 Å². The molecule has 3 rings (SSSR count). The zero-order chi connectivity index (χ0) is 19.7. The van der Waals surface area contributed by atoms with E-state index in [0.717, 1.165) is 4.68 Å². The summed E-state index contributed by atoms with van der Waals surface area (Å²) in [5.41, 5.74) is -0.761. The van der Waals surface area contributed by atoms with E-state index >= 15 is 0 Å². The second-order valence-corrected chi connectivity index (χ2v) is 5.43. The number of rotatable bonds is 5. The lowest BCUT2D eigenvalue weighted by atomic mass is 10.1. The van der Waals surface area contributed by atoms with Gasteiger partial charge in [-0.05, 0) is 13.0 Å². The Kier molecular flexibility index (Phi) is 4.93. The monoisotopic (exact) mass is 385 g/mol. The number of hydrogen-bond acceptors (Lipinski definition) is 3. The Morgan fingerprint density at radius 3 is 2.30 bits per heavy atom. The van der Waals surface area contributed by atoms with Crippen LogP contribution in [-0.4, -0.2) is 25.5 Å². The minimum absolute atomic E-state index is 0.0349. The summed E-state index contributed by atoms with van der Waals surface area (Å²) >= 11 is 0. The van der Waals surface area contributed by atoms with Crippen molar-refractivity contribution >= 4 is 11.7 Å². The first-order valence-corrected chi connectivity index (χ1v) is 7.70. The van der Waals surface area contributed by atoms with Gasteiger partial charge in [0.1, 0.15) is 5.69 Å². The van der Waals surface area contributed by atoms with Crippen LogP contribution in [0.5, 0.6) is 0 Å². The predicted octanol–water partition coefficient (Wildman–Crippen LogP) is 3.10. The predicted molar refractivity (Wildman–Crippen MR) is 83.4 cm³/mol. The van der Waals surface area contributed by atoms with Crippen molar-refractivity contribution < 1.29 is 26.7 Å². The second kappa shape index (κ2) is 7.17. The number of carbonyl (C=O) groups is 1. The Bertz CT molecular complexity index is 984. The van der Waals surface area contributed by atoms with E-state index in [1.807, 2.05) is 0 Å². The molecule has 1 N–H and O–H groups in total. The molecule has 0 fully saturated rings. The van der Waals surface area contributed by atoms with Crippen LogP contribution in [0.4, 0.5) is 27.8 Å². The average Bonchev–Trinajstić information content (AvgIpc) is 3.31. The van der Waals surface area contributed by atoms with Crippen molar-refractivity contribution in [3.8, 4) is 0 Å². The molecule has 0 aliphatic rings. The van der Waals surface area contributed by atoms with Gasteiger partial charge in [-0.1, -0.05) is 0 Å². The highest BCUT2D eigenvalue weighted by Crippen LogP contribution is 2.23. The second-order valence-electron chi connectivity index (χ2n) is 5.43. The number of anilines is 1. The molecule has 0 radical (unpaired) electrons. The van der Waals surface area contributed by atoms with E-state index in [9.17, 15) is 26.7 Å². The number of aryl methyl sites for hydroxylation is 1. The van der Waals surface area contributed by atoms with E-state index in [1.165, 1.54) is 29.2 Å². The molecule has 3 aromatic rings. The SMILES string of the molecule is CCn1nccc1C(=O)Nc1ccn(Cc2c(F)c(F)c(F)c(F)c2F)n1. The number of nitrogens with one attached hydrogen (secondary N) is 1. The van der Waals surface area contributed by atoms with E-state index in [4.69, 9.17) is 0 Å². The molecule has 0 saturated carbocycles. The van der Waals surface area contributed by atoms with Crippen LogP contribution in [0, 0.1) is 29.1 Å². The largest absolute Gasteiger partial charge is 0.304 e. The van der Waals surface area contributed by atoms with E-state index < -0.39 is 47.1 Å². The molecule has 11 heteroatoms. The Hall–Kier alpha value is -3.24. The summed E-state index contributed by atoms with van der Waals surface area (Å²) in [5.74, 6) is -10.6. The van der Waals surface area contributed by atoms with Gasteiger partial charge in [0.05, 0.1) is 12.1 Å². The number of nitrogens with zero attached hydrogens (tertiary/aromatic N) is 4. The van der Waals surface area contributed by atoms with Crippen LogP contribution in [0.25, 0.3) is 0 Å². The van der Waals surface area contributed by atoms with Gasteiger partial charge in [0.25, 0.3) is 5.91 Å². The summed E-state index contributed by atoms with van der Waals surface area (Å²) in [6.45, 7) is 1.54. The minimum atomic E-state index is -2.23. The highest BCUT2D eigenvalue weighted by molar-refractivity contribution is 6.02. The molecule has 0 aliphatic carbocycles. The fourth-order valence-corrected chi connectivity index (χ4v) is 2.43. The van der Waals surface area contributed by atoms with Gasteiger partial charge in [-0.3, -0.25) is 14.2 Å². The average molecular weight is 385 g/mol. The summed E-state index contributed by atoms with van der Waals surface area (Å²) < 4.78 is 69.4. The van der Waals surface area contributed by atoms with Crippen molar-refractivity contribution in [2.75, 3.05) is 5.32 Å². The Morgan fingerprint density at radius 1 is 1.04 bits per heavy atom. The molecule has 1 amide bonds. The van der Waals surface area contributed by atoms with Crippen molar-refractivity contribution in [1.82, 2.24) is 19.6 Å². The molecule has 0 aliphatic heterocycles. The number of carbonyl (C=O) groups excluding carboxylic acids is 1. The van der Waals surface area contributed by atoms with Crippen LogP contribution in [0.2, 0.25) is 0 Å². The molecule has 0 spiro atoms. The van der Waals surface area contributed by atoms with Gasteiger partial charge >= 0.3 is 0 Å². The zero-order valence-electron chi connectivity index (χ0n) is 13.8. The summed E-state index contributed by atoms with van der Waals surface area (Å²) in [4.78, 5) is 12.2. The van der Waals surface area contributed by atoms with Crippen molar-refractivity contribution in [2.24, 2.45) is 0 Å². The Balaban J connectivity index is 1.81. The normalized spacial score (nSPS) is 11.0. The summed E-state index contributed by atoms with van der Waals surface area (Å²) in [6.07, 6.45) is 2.67. The van der Waals surface area contributed by atoms with Gasteiger partial charge in [0.15, 0.2) is 29.1 Å². The fraction of sp³-hybridized carbons (Fsp3) is 0.188. The molecule has 0 bridgehead atoms. The number of halogens is 5. The molecule has 0 saturated heterocycles. The molecule has 0 atom stereocenters. The van der Waals surface area contributed by atoms with Gasteiger partial charge in [0, 0.05) is 25.0 Å². The lowest BCUT2D eigenvalue weighted by Gasteiger charge is -2.08. The van der Waals surface area contributed by atoms with E-state index in [0.29, 0.717) is 6.54 Å². The highest BCUT2D eigenvalue weighted by atomic mass is 19.2. The van der Waals surface area contributed by atoms with E-state index in [1.54, 1.807) is 6.92 Å². The van der Waals surface area contributed by atoms with Crippen molar-refractivity contribution in [3.05, 3.63) is 64.9 Å². The molecule has 0 unspecified atom stereocenters. The summed E-state index contributed by atoms with van der Waals surface area (Å²) in [6, 6.07) is 2.81. The lowest BCUT2D eigenvalue weighted by molar-refractivity contribution is 0.101. The smallest absolute Gasteiger partial charge is 0.275 e. The maximum absolute atomic E-state index is 13.7. The summed E-state index contributed by atoms with van der Waals surface area (Å²) in [5, 5.41) is 10.3. The first-order chi connectivity index (χ1) is 12.8. The van der Waals surface area contributed by atoms with Crippen LogP contribution in [-0.2, 0) is 13.1 Å². The quantitative estimate of drug-likeness (QED) is 0.417. The fourth-order valence-electron chi connectivity index (χ4n) is 2.43. The van der Waals surface area contributed by atoms with E-state index in [-0.39, 0.29) is 11.5 Å². The lowest BCUT2D eigenvalue weighted by Crippen LogP contribution is -2.18. The van der Waals surface area contributed by atoms with Crippen molar-refractivity contribution in [2.45, 2.75) is 20.0 Å². The highest BCUT2D eigenvalue weighted by Gasteiger charge is 2.26. The maximum atomic E-state index is 13.7. The van der Waals surface area contributed by atoms with Crippen molar-refractivity contribution in [3.63, 3.8) is 0 Å². The number of benzene rings is 1. The first kappa shape index (κ1) is 18.5. The number of amides is 1. The standard InChI is InChI=1S/C16H12F5N5O/c1-2-26-9(3-5-22-26)16(27)23-10-4-6-25(24-10)7-8-11(17)13(19)15(21)14(20)12(8)18/h3-6H,2,7H2,1H3,(H,23,24,27). The molecule has 2 aromatic heterocycles. The molecule has 142 valence electrons. The molecule has 2 heterocycles. The minimum Gasteiger partial charge on any atom is -0.304 e. The van der Waals surface area contributed by atoms with Crippen LogP contribution < -0.4 is 5.32 Å². The van der Waals surface area contributed by atoms with Gasteiger partial charge in [0.2, 0.25) is 5.82 Å². The Labute approximate surface area is 149 Å². The number of hydrogen-bond donors (Lipinski definition) is 1. The topological polar surface area (TPSA) is 64.7 Å². The van der Waals surface area contributed by atoms with E-state index in [2.05, 4.69) is 15.5 Å². The van der Waals surface area contributed by atoms with Crippen LogP contribution in [0.3, 0.4) is 0 Å². The number of aromatic nitrogens is 4. The molecular weight excluding hydrogens is 373 g/mol. The maximum Gasteiger partial charge on any atom is 0.275 e. The molecular formula is C16H12F5N5O. The van der Waals surface area contributed by atoms with Crippen LogP contribution >= 0.6 is 0 Å². The van der Waals surface area contributed by atoms with Gasteiger partial charge in [-0.15, -0.1) is 0 Å². The third-order valence-corrected chi connectivity index (χ3v) is 3.75. The van der Waals surface area contributed by atoms with Crippen LogP contribution in [0.1, 0.15) is 23.0 Å². The zero-order valence-corrected chi connectivity index (χ0v) is 13.8. The Morgan fingerprint density at radius 2 is 1.67 bits per heavy atom. The van der Waals surface area contributed by atoms with Crippen LogP contribution in [0.15, 0.2) is 24.5 Å². The van der Waals surface area contributed by atoms with Gasteiger partial charge in [-0.2, -0.15) is 10.2 Å². The summed E-state index contributed by atoms with van der Waals surface area (Å²) in [7, 11) is 0. The van der Waals surface area contributed by atoms with Gasteiger partial charge in [-0.25, -0.2) is 22.0 Å². The van der Waals surface area contributed by atoms with Crippen molar-refractivity contribution in [1.29, 1.82) is 0 Å². The molecule has 6 nitrogen and oxygen atoms in total. The molecule has 1 aromatic carbocycles.